The Bertz CT molecular complexity index is 889. The van der Waals surface area contributed by atoms with Crippen molar-refractivity contribution in [3.63, 3.8) is 0 Å². The SMILES string of the molecule is COCC(C)/C=C\C(C(=O)NCc1cccc(Oc2cccc(F)c2)c1)=C(/C)N. The van der Waals surface area contributed by atoms with Crippen LogP contribution in [-0.4, -0.2) is 19.6 Å². The predicted molar refractivity (Wildman–Crippen MR) is 112 cm³/mol. The van der Waals surface area contributed by atoms with Gasteiger partial charge in [0.25, 0.3) is 5.91 Å². The summed E-state index contributed by atoms with van der Waals surface area (Å²) >= 11 is 0. The van der Waals surface area contributed by atoms with E-state index in [1.807, 2.05) is 25.1 Å². The largest absolute Gasteiger partial charge is 0.457 e. The number of halogens is 1. The van der Waals surface area contributed by atoms with Crippen molar-refractivity contribution in [3.05, 3.63) is 83.3 Å². The minimum absolute atomic E-state index is 0.166. The van der Waals surface area contributed by atoms with E-state index in [2.05, 4.69) is 5.32 Å². The summed E-state index contributed by atoms with van der Waals surface area (Å²) in [7, 11) is 1.63. The number of methoxy groups -OCH3 is 1. The van der Waals surface area contributed by atoms with Crippen molar-refractivity contribution in [2.75, 3.05) is 13.7 Å². The maximum atomic E-state index is 13.3. The second-order valence-electron chi connectivity index (χ2n) is 6.78. The topological polar surface area (TPSA) is 73.6 Å². The first-order valence-corrected chi connectivity index (χ1v) is 9.33. The smallest absolute Gasteiger partial charge is 0.253 e. The Balaban J connectivity index is 2.01. The third-order valence-electron chi connectivity index (χ3n) is 4.07. The molecule has 0 aliphatic carbocycles. The van der Waals surface area contributed by atoms with Crippen LogP contribution in [0.1, 0.15) is 19.4 Å². The van der Waals surface area contributed by atoms with Gasteiger partial charge in [0.1, 0.15) is 17.3 Å². The summed E-state index contributed by atoms with van der Waals surface area (Å²) in [5, 5.41) is 2.86. The first-order chi connectivity index (χ1) is 13.9. The van der Waals surface area contributed by atoms with Crippen molar-refractivity contribution in [1.82, 2.24) is 5.32 Å². The number of benzene rings is 2. The van der Waals surface area contributed by atoms with Gasteiger partial charge in [0.2, 0.25) is 0 Å². The van der Waals surface area contributed by atoms with Crippen molar-refractivity contribution in [2.45, 2.75) is 20.4 Å². The molecular weight excluding hydrogens is 371 g/mol. The zero-order chi connectivity index (χ0) is 21.2. The second-order valence-corrected chi connectivity index (χ2v) is 6.78. The summed E-state index contributed by atoms with van der Waals surface area (Å²) < 4.78 is 24.1. The molecule has 0 radical (unpaired) electrons. The Morgan fingerprint density at radius 3 is 2.55 bits per heavy atom. The molecule has 0 aromatic heterocycles. The molecule has 5 nitrogen and oxygen atoms in total. The first kappa shape index (κ1) is 22.2. The standard InChI is InChI=1S/C23H27FN2O3/c1-16(15-28-3)10-11-22(17(2)25)23(27)26-14-18-6-4-8-20(12-18)29-21-9-5-7-19(24)13-21/h4-13,16H,14-15,25H2,1-3H3,(H,26,27)/b11-10-,22-17-. The molecule has 1 atom stereocenters. The van der Waals surface area contributed by atoms with Gasteiger partial charge in [0.05, 0.1) is 12.2 Å². The molecule has 1 unspecified atom stereocenters. The number of hydrogen-bond acceptors (Lipinski definition) is 4. The van der Waals surface area contributed by atoms with Crippen LogP contribution >= 0.6 is 0 Å². The van der Waals surface area contributed by atoms with Gasteiger partial charge in [-0.3, -0.25) is 4.79 Å². The van der Waals surface area contributed by atoms with E-state index in [1.165, 1.54) is 12.1 Å². The lowest BCUT2D eigenvalue weighted by Crippen LogP contribution is -2.25. The van der Waals surface area contributed by atoms with E-state index in [1.54, 1.807) is 44.4 Å². The second kappa shape index (κ2) is 11.0. The number of amides is 1. The Morgan fingerprint density at radius 2 is 1.90 bits per heavy atom. The van der Waals surface area contributed by atoms with Gasteiger partial charge in [0.15, 0.2) is 0 Å². The number of carbonyl (C=O) groups excluding carboxylic acids is 1. The van der Waals surface area contributed by atoms with E-state index in [9.17, 15) is 9.18 Å². The molecule has 0 aliphatic rings. The van der Waals surface area contributed by atoms with E-state index in [0.29, 0.717) is 35.9 Å². The first-order valence-electron chi connectivity index (χ1n) is 9.33. The Kier molecular flexibility index (Phi) is 8.43. The molecule has 0 spiro atoms. The molecule has 0 aliphatic heterocycles. The van der Waals surface area contributed by atoms with Crippen LogP contribution in [0.4, 0.5) is 4.39 Å². The molecule has 1 amide bonds. The van der Waals surface area contributed by atoms with Crippen molar-refractivity contribution >= 4 is 5.91 Å². The normalized spacial score (nSPS) is 13.1. The van der Waals surface area contributed by atoms with E-state index in [4.69, 9.17) is 15.2 Å². The van der Waals surface area contributed by atoms with Crippen LogP contribution in [0.25, 0.3) is 0 Å². The van der Waals surface area contributed by atoms with Crippen LogP contribution in [-0.2, 0) is 16.1 Å². The third-order valence-corrected chi connectivity index (χ3v) is 4.07. The minimum Gasteiger partial charge on any atom is -0.457 e. The Morgan fingerprint density at radius 1 is 1.21 bits per heavy atom. The molecule has 3 N–H and O–H groups in total. The zero-order valence-corrected chi connectivity index (χ0v) is 16.9. The quantitative estimate of drug-likeness (QED) is 0.488. The van der Waals surface area contributed by atoms with Crippen LogP contribution in [0, 0.1) is 11.7 Å². The average Bonchev–Trinajstić information content (AvgIpc) is 2.67. The molecular formula is C23H27FN2O3. The molecule has 29 heavy (non-hydrogen) atoms. The maximum Gasteiger partial charge on any atom is 0.253 e. The van der Waals surface area contributed by atoms with Gasteiger partial charge in [-0.2, -0.15) is 0 Å². The van der Waals surface area contributed by atoms with Crippen molar-refractivity contribution in [2.24, 2.45) is 11.7 Å². The van der Waals surface area contributed by atoms with E-state index in [-0.39, 0.29) is 17.6 Å². The molecule has 0 saturated carbocycles. The number of ether oxygens (including phenoxy) is 2. The van der Waals surface area contributed by atoms with Crippen LogP contribution < -0.4 is 15.8 Å². The van der Waals surface area contributed by atoms with Crippen LogP contribution in [0.15, 0.2) is 72.0 Å². The number of carbonyl (C=O) groups is 1. The summed E-state index contributed by atoms with van der Waals surface area (Å²) in [5.41, 5.74) is 7.57. The summed E-state index contributed by atoms with van der Waals surface area (Å²) in [4.78, 5) is 12.5. The fourth-order valence-corrected chi connectivity index (χ4v) is 2.63. The van der Waals surface area contributed by atoms with Gasteiger partial charge in [-0.25, -0.2) is 4.39 Å². The van der Waals surface area contributed by atoms with Crippen LogP contribution in [0.3, 0.4) is 0 Å². The summed E-state index contributed by atoms with van der Waals surface area (Å²) in [6.07, 6.45) is 3.61. The highest BCUT2D eigenvalue weighted by molar-refractivity contribution is 5.96. The monoisotopic (exact) mass is 398 g/mol. The molecule has 154 valence electrons. The van der Waals surface area contributed by atoms with E-state index < -0.39 is 0 Å². The summed E-state index contributed by atoms with van der Waals surface area (Å²) in [5.74, 6) is 0.503. The van der Waals surface area contributed by atoms with Gasteiger partial charge in [-0.1, -0.05) is 37.3 Å². The van der Waals surface area contributed by atoms with Crippen molar-refractivity contribution in [1.29, 1.82) is 0 Å². The highest BCUT2D eigenvalue weighted by Crippen LogP contribution is 2.22. The third kappa shape index (κ3) is 7.43. The summed E-state index contributed by atoms with van der Waals surface area (Å²) in [6, 6.07) is 13.2. The highest BCUT2D eigenvalue weighted by atomic mass is 19.1. The van der Waals surface area contributed by atoms with E-state index >= 15 is 0 Å². The van der Waals surface area contributed by atoms with Gasteiger partial charge < -0.3 is 20.5 Å². The molecule has 2 rings (SSSR count). The lowest BCUT2D eigenvalue weighted by molar-refractivity contribution is -0.117. The lowest BCUT2D eigenvalue weighted by Gasteiger charge is -2.11. The summed E-state index contributed by atoms with van der Waals surface area (Å²) in [6.45, 7) is 4.55. The van der Waals surface area contributed by atoms with Crippen molar-refractivity contribution in [3.8, 4) is 11.5 Å². The fraction of sp³-hybridized carbons (Fsp3) is 0.261. The predicted octanol–water partition coefficient (Wildman–Crippen LogP) is 4.31. The molecule has 0 fully saturated rings. The average molecular weight is 398 g/mol. The van der Waals surface area contributed by atoms with Gasteiger partial charge in [-0.05, 0) is 42.7 Å². The van der Waals surface area contributed by atoms with Gasteiger partial charge in [0, 0.05) is 25.4 Å². The fourth-order valence-electron chi connectivity index (χ4n) is 2.63. The number of allylic oxidation sites excluding steroid dienone is 1. The molecule has 6 heteroatoms. The Hall–Kier alpha value is -3.12. The highest BCUT2D eigenvalue weighted by Gasteiger charge is 2.10. The number of nitrogens with two attached hydrogens (primary N) is 1. The van der Waals surface area contributed by atoms with Gasteiger partial charge >= 0.3 is 0 Å². The molecule has 0 saturated heterocycles. The number of rotatable bonds is 9. The molecule has 2 aromatic carbocycles. The van der Waals surface area contributed by atoms with Crippen LogP contribution in [0.5, 0.6) is 11.5 Å². The zero-order valence-electron chi connectivity index (χ0n) is 16.9. The van der Waals surface area contributed by atoms with E-state index in [0.717, 1.165) is 5.56 Å². The molecule has 2 aromatic rings. The molecule has 0 bridgehead atoms. The number of hydrogen-bond donors (Lipinski definition) is 2. The maximum absolute atomic E-state index is 13.3. The Labute approximate surface area is 171 Å². The minimum atomic E-state index is -0.365. The number of nitrogens with one attached hydrogen (secondary N) is 1. The van der Waals surface area contributed by atoms with Gasteiger partial charge in [-0.15, -0.1) is 0 Å². The molecule has 0 heterocycles. The lowest BCUT2D eigenvalue weighted by atomic mass is 10.1. The van der Waals surface area contributed by atoms with Crippen LogP contribution in [0.2, 0.25) is 0 Å². The van der Waals surface area contributed by atoms with Crippen molar-refractivity contribution < 1.29 is 18.7 Å².